The van der Waals surface area contributed by atoms with Gasteiger partial charge < -0.3 is 14.8 Å². The molecule has 0 aliphatic heterocycles. The van der Waals surface area contributed by atoms with Crippen molar-refractivity contribution in [3.63, 3.8) is 0 Å². The first-order valence-corrected chi connectivity index (χ1v) is 11.5. The van der Waals surface area contributed by atoms with E-state index in [1.165, 1.54) is 0 Å². The van der Waals surface area contributed by atoms with Crippen LogP contribution in [0, 0.1) is 0 Å². The predicted octanol–water partition coefficient (Wildman–Crippen LogP) is 5.37. The van der Waals surface area contributed by atoms with Gasteiger partial charge in [0.05, 0.1) is 12.5 Å². The van der Waals surface area contributed by atoms with Crippen molar-refractivity contribution in [3.8, 4) is 0 Å². The Balaban J connectivity index is 1.37. The topological polar surface area (TPSA) is 75.4 Å². The first kappa shape index (κ1) is 21.9. The lowest BCUT2D eigenvalue weighted by atomic mass is 9.99. The van der Waals surface area contributed by atoms with Crippen molar-refractivity contribution in [1.29, 1.82) is 0 Å². The summed E-state index contributed by atoms with van der Waals surface area (Å²) in [4.78, 5) is 17.6. The number of oxazole rings is 1. The molecule has 1 unspecified atom stereocenters. The molecule has 1 heterocycles. The first-order chi connectivity index (χ1) is 16.7. The molecule has 34 heavy (non-hydrogen) atoms. The first-order valence-electron chi connectivity index (χ1n) is 11.5. The lowest BCUT2D eigenvalue weighted by Crippen LogP contribution is -2.40. The van der Waals surface area contributed by atoms with Crippen LogP contribution in [0.1, 0.15) is 29.5 Å². The summed E-state index contributed by atoms with van der Waals surface area (Å²) < 4.78 is 5.81. The normalized spacial score (nSPS) is 13.1. The minimum Gasteiger partial charge on any atom is -0.438 e. The average Bonchev–Trinajstić information content (AvgIpc) is 3.31. The highest BCUT2D eigenvalue weighted by molar-refractivity contribution is 5.90. The van der Waals surface area contributed by atoms with Crippen LogP contribution in [0.25, 0.3) is 21.9 Å². The van der Waals surface area contributed by atoms with Crippen molar-refractivity contribution >= 4 is 27.8 Å². The number of hydrogen-bond donors (Lipinski definition) is 2. The number of aliphatic hydroxyl groups is 1. The highest BCUT2D eigenvalue weighted by Crippen LogP contribution is 2.25. The number of benzene rings is 4. The third kappa shape index (κ3) is 4.85. The van der Waals surface area contributed by atoms with Crippen LogP contribution in [0.3, 0.4) is 0 Å². The quantitative estimate of drug-likeness (QED) is 0.333. The molecule has 5 nitrogen and oxygen atoms in total. The standard InChI is InChI=1S/C29H26N2O3/c32-27(19-22-13-8-12-21-11-4-5-14-23(21)22)30-25(18-17-20-9-2-1-3-10-20)28(33)29-31-24-15-6-7-16-26(24)34-29/h1-16,25,28,33H,17-19H2,(H,30,32)/t25-,28?/m0/s1. The van der Waals surface area contributed by atoms with Gasteiger partial charge in [-0.1, -0.05) is 84.9 Å². The molecule has 0 fully saturated rings. The summed E-state index contributed by atoms with van der Waals surface area (Å²) in [5.74, 6) is 0.0642. The van der Waals surface area contributed by atoms with E-state index in [0.29, 0.717) is 23.9 Å². The molecule has 5 aromatic rings. The van der Waals surface area contributed by atoms with E-state index in [9.17, 15) is 9.90 Å². The second kappa shape index (κ2) is 9.89. The molecule has 0 spiro atoms. The van der Waals surface area contributed by atoms with E-state index >= 15 is 0 Å². The Morgan fingerprint density at radius 3 is 2.47 bits per heavy atom. The van der Waals surface area contributed by atoms with E-state index in [1.807, 2.05) is 97.1 Å². The lowest BCUT2D eigenvalue weighted by Gasteiger charge is -2.22. The number of hydrogen-bond acceptors (Lipinski definition) is 4. The predicted molar refractivity (Wildman–Crippen MR) is 133 cm³/mol. The number of nitrogens with zero attached hydrogens (tertiary/aromatic N) is 1. The average molecular weight is 451 g/mol. The van der Waals surface area contributed by atoms with Gasteiger partial charge in [-0.15, -0.1) is 0 Å². The highest BCUT2D eigenvalue weighted by Gasteiger charge is 2.27. The monoisotopic (exact) mass is 450 g/mol. The van der Waals surface area contributed by atoms with Gasteiger partial charge in [-0.3, -0.25) is 4.79 Å². The van der Waals surface area contributed by atoms with E-state index in [0.717, 1.165) is 21.9 Å². The third-order valence-corrected chi connectivity index (χ3v) is 6.11. The molecule has 0 saturated heterocycles. The van der Waals surface area contributed by atoms with Gasteiger partial charge in [0.2, 0.25) is 11.8 Å². The van der Waals surface area contributed by atoms with Crippen LogP contribution in [-0.2, 0) is 17.6 Å². The fourth-order valence-electron chi connectivity index (χ4n) is 4.34. The minimum atomic E-state index is -1.06. The zero-order valence-corrected chi connectivity index (χ0v) is 18.7. The van der Waals surface area contributed by atoms with Crippen molar-refractivity contribution in [1.82, 2.24) is 10.3 Å². The van der Waals surface area contributed by atoms with Gasteiger partial charge in [0.25, 0.3) is 0 Å². The Hall–Kier alpha value is -3.96. The van der Waals surface area contributed by atoms with E-state index < -0.39 is 12.1 Å². The second-order valence-electron chi connectivity index (χ2n) is 8.48. The minimum absolute atomic E-state index is 0.149. The summed E-state index contributed by atoms with van der Waals surface area (Å²) in [6.45, 7) is 0. The molecule has 0 bridgehead atoms. The van der Waals surface area contributed by atoms with Crippen molar-refractivity contribution in [2.45, 2.75) is 31.4 Å². The largest absolute Gasteiger partial charge is 0.438 e. The molecule has 2 atom stereocenters. The van der Waals surface area contributed by atoms with Gasteiger partial charge in [0.1, 0.15) is 5.52 Å². The fourth-order valence-corrected chi connectivity index (χ4v) is 4.34. The highest BCUT2D eigenvalue weighted by atomic mass is 16.4. The molecule has 1 amide bonds. The summed E-state index contributed by atoms with van der Waals surface area (Å²) in [6.07, 6.45) is 0.416. The molecule has 0 aliphatic carbocycles. The van der Waals surface area contributed by atoms with Crippen LogP contribution < -0.4 is 5.32 Å². The molecule has 0 saturated carbocycles. The van der Waals surface area contributed by atoms with Gasteiger partial charge >= 0.3 is 0 Å². The van der Waals surface area contributed by atoms with E-state index in [2.05, 4.69) is 10.3 Å². The van der Waals surface area contributed by atoms with E-state index in [1.54, 1.807) is 0 Å². The number of carbonyl (C=O) groups excluding carboxylic acids is 1. The smallest absolute Gasteiger partial charge is 0.226 e. The zero-order valence-electron chi connectivity index (χ0n) is 18.7. The number of nitrogens with one attached hydrogen (secondary N) is 1. The molecule has 0 radical (unpaired) electrons. The second-order valence-corrected chi connectivity index (χ2v) is 8.48. The molecule has 1 aromatic heterocycles. The Kier molecular flexibility index (Phi) is 6.36. The number of aliphatic hydroxyl groups excluding tert-OH is 1. The Morgan fingerprint density at radius 2 is 1.62 bits per heavy atom. The number of aromatic nitrogens is 1. The Bertz CT molecular complexity index is 1370. The lowest BCUT2D eigenvalue weighted by molar-refractivity contribution is -0.122. The van der Waals surface area contributed by atoms with Crippen LogP contribution in [0.2, 0.25) is 0 Å². The van der Waals surface area contributed by atoms with Gasteiger partial charge in [-0.05, 0) is 46.9 Å². The number of fused-ring (bicyclic) bond motifs is 2. The molecule has 5 heteroatoms. The maximum atomic E-state index is 13.1. The maximum absolute atomic E-state index is 13.1. The van der Waals surface area contributed by atoms with Crippen LogP contribution in [0.4, 0.5) is 0 Å². The molecule has 4 aromatic carbocycles. The number of rotatable bonds is 8. The van der Waals surface area contributed by atoms with E-state index in [4.69, 9.17) is 4.42 Å². The third-order valence-electron chi connectivity index (χ3n) is 6.11. The van der Waals surface area contributed by atoms with Crippen molar-refractivity contribution < 1.29 is 14.3 Å². The van der Waals surface area contributed by atoms with Gasteiger partial charge in [0, 0.05) is 0 Å². The molecule has 0 aliphatic rings. The van der Waals surface area contributed by atoms with Crippen LogP contribution in [0.15, 0.2) is 101 Å². The van der Waals surface area contributed by atoms with Crippen molar-refractivity contribution in [2.75, 3.05) is 0 Å². The summed E-state index contributed by atoms with van der Waals surface area (Å²) in [5.41, 5.74) is 3.38. The molecule has 170 valence electrons. The Labute approximate surface area is 198 Å². The van der Waals surface area contributed by atoms with Crippen LogP contribution >= 0.6 is 0 Å². The van der Waals surface area contributed by atoms with E-state index in [-0.39, 0.29) is 18.2 Å². The molecule has 2 N–H and O–H groups in total. The summed E-state index contributed by atoms with van der Waals surface area (Å²) in [7, 11) is 0. The SMILES string of the molecule is O=C(Cc1cccc2ccccc12)N[C@@H](CCc1ccccc1)C(O)c1nc2ccccc2o1. The van der Waals surface area contributed by atoms with Gasteiger partial charge in [-0.2, -0.15) is 0 Å². The molecular formula is C29H26N2O3. The van der Waals surface area contributed by atoms with Crippen LogP contribution in [-0.4, -0.2) is 22.0 Å². The number of carbonyl (C=O) groups is 1. The van der Waals surface area contributed by atoms with Gasteiger partial charge in [0.15, 0.2) is 11.7 Å². The number of amides is 1. The van der Waals surface area contributed by atoms with Crippen molar-refractivity contribution in [2.24, 2.45) is 0 Å². The zero-order chi connectivity index (χ0) is 23.3. The summed E-state index contributed by atoms with van der Waals surface area (Å²) >= 11 is 0. The fraction of sp³-hybridized carbons (Fsp3) is 0.172. The van der Waals surface area contributed by atoms with Gasteiger partial charge in [-0.25, -0.2) is 4.98 Å². The van der Waals surface area contributed by atoms with Crippen molar-refractivity contribution in [3.05, 3.63) is 114 Å². The number of aryl methyl sites for hydroxylation is 1. The number of para-hydroxylation sites is 2. The summed E-state index contributed by atoms with van der Waals surface area (Å²) in [5, 5.41) is 16.4. The Morgan fingerprint density at radius 1 is 0.882 bits per heavy atom. The molecular weight excluding hydrogens is 424 g/mol. The van der Waals surface area contributed by atoms with Crippen LogP contribution in [0.5, 0.6) is 0 Å². The maximum Gasteiger partial charge on any atom is 0.226 e. The summed E-state index contributed by atoms with van der Waals surface area (Å²) in [6, 6.07) is 30.9. The molecule has 5 rings (SSSR count).